The molecule has 0 amide bonds. The molecule has 0 aliphatic rings. The summed E-state index contributed by atoms with van der Waals surface area (Å²) in [7, 11) is 0. The Kier molecular flexibility index (Phi) is 11.5. The molecule has 0 aromatic heterocycles. The highest BCUT2D eigenvalue weighted by Gasteiger charge is 2.37. The van der Waals surface area contributed by atoms with Crippen molar-refractivity contribution in [3.05, 3.63) is 35.9 Å². The maximum atomic E-state index is 12.2. The van der Waals surface area contributed by atoms with Gasteiger partial charge in [0.2, 0.25) is 0 Å². The lowest BCUT2D eigenvalue weighted by Gasteiger charge is -2.30. The summed E-state index contributed by atoms with van der Waals surface area (Å²) in [5, 5.41) is 18.9. The van der Waals surface area contributed by atoms with Gasteiger partial charge < -0.3 is 10.2 Å². The molecule has 1 rings (SSSR count). The predicted molar refractivity (Wildman–Crippen MR) is 109 cm³/mol. The van der Waals surface area contributed by atoms with Crippen LogP contribution < -0.4 is 0 Å². The molecule has 0 heterocycles. The van der Waals surface area contributed by atoms with Gasteiger partial charge in [-0.15, -0.1) is 0 Å². The van der Waals surface area contributed by atoms with E-state index < -0.39 is 17.4 Å². The Morgan fingerprint density at radius 3 is 1.93 bits per heavy atom. The first-order valence-corrected chi connectivity index (χ1v) is 10.5. The Morgan fingerprint density at radius 2 is 1.37 bits per heavy atom. The van der Waals surface area contributed by atoms with Crippen molar-refractivity contribution >= 4 is 11.9 Å². The number of carboxylic acids is 2. The second-order valence-corrected chi connectivity index (χ2v) is 7.72. The fourth-order valence-corrected chi connectivity index (χ4v) is 3.75. The van der Waals surface area contributed by atoms with Crippen LogP contribution >= 0.6 is 0 Å². The molecule has 1 atom stereocenters. The van der Waals surface area contributed by atoms with Gasteiger partial charge in [-0.2, -0.15) is 0 Å². The third-order valence-electron chi connectivity index (χ3n) is 5.39. The van der Waals surface area contributed by atoms with E-state index >= 15 is 0 Å². The lowest BCUT2D eigenvalue weighted by molar-refractivity contribution is -0.150. The molecule has 0 saturated carbocycles. The summed E-state index contributed by atoms with van der Waals surface area (Å²) in [5.41, 5.74) is 0.147. The van der Waals surface area contributed by atoms with Crippen molar-refractivity contribution in [1.82, 2.24) is 0 Å². The maximum absolute atomic E-state index is 12.2. The van der Waals surface area contributed by atoms with Gasteiger partial charge in [-0.1, -0.05) is 88.6 Å². The molecule has 0 radical (unpaired) electrons. The van der Waals surface area contributed by atoms with E-state index in [1.54, 1.807) is 0 Å². The smallest absolute Gasteiger partial charge is 0.309 e. The van der Waals surface area contributed by atoms with Crippen LogP contribution in [0.25, 0.3) is 0 Å². The van der Waals surface area contributed by atoms with E-state index in [4.69, 9.17) is 5.11 Å². The van der Waals surface area contributed by atoms with Gasteiger partial charge in [-0.25, -0.2) is 0 Å². The molecule has 2 N–H and O–H groups in total. The first kappa shape index (κ1) is 23.2. The van der Waals surface area contributed by atoms with E-state index in [-0.39, 0.29) is 6.42 Å². The van der Waals surface area contributed by atoms with Crippen molar-refractivity contribution in [2.45, 2.75) is 90.4 Å². The van der Waals surface area contributed by atoms with Crippen molar-refractivity contribution in [3.8, 4) is 0 Å². The summed E-state index contributed by atoms with van der Waals surface area (Å²) in [6.07, 6.45) is 11.4. The topological polar surface area (TPSA) is 74.6 Å². The zero-order valence-electron chi connectivity index (χ0n) is 16.8. The third kappa shape index (κ3) is 9.60. The Bertz CT molecular complexity index is 541. The van der Waals surface area contributed by atoms with Crippen molar-refractivity contribution in [3.63, 3.8) is 0 Å². The van der Waals surface area contributed by atoms with Crippen LogP contribution in [-0.2, 0) is 16.0 Å². The summed E-state index contributed by atoms with van der Waals surface area (Å²) in [4.78, 5) is 23.1. The van der Waals surface area contributed by atoms with Crippen LogP contribution in [0, 0.1) is 5.41 Å². The number of benzene rings is 1. The number of hydrogen-bond donors (Lipinski definition) is 2. The molecule has 4 nitrogen and oxygen atoms in total. The van der Waals surface area contributed by atoms with E-state index in [1.807, 2.05) is 30.3 Å². The zero-order chi connectivity index (χ0) is 20.0. The second kappa shape index (κ2) is 13.3. The molecule has 0 aliphatic heterocycles. The van der Waals surface area contributed by atoms with Crippen molar-refractivity contribution in [1.29, 1.82) is 0 Å². The van der Waals surface area contributed by atoms with Crippen LogP contribution in [0.5, 0.6) is 0 Å². The SMILES string of the molecule is CCCCCCCCCCC(CCCC(=O)O)(Cc1ccccc1)C(=O)O. The Labute approximate surface area is 164 Å². The summed E-state index contributed by atoms with van der Waals surface area (Å²) in [6, 6.07) is 9.70. The third-order valence-corrected chi connectivity index (χ3v) is 5.39. The van der Waals surface area contributed by atoms with Gasteiger partial charge in [0.05, 0.1) is 5.41 Å². The summed E-state index contributed by atoms with van der Waals surface area (Å²) >= 11 is 0. The summed E-state index contributed by atoms with van der Waals surface area (Å²) < 4.78 is 0. The van der Waals surface area contributed by atoms with Crippen molar-refractivity contribution < 1.29 is 19.8 Å². The molecular formula is C23H36O4. The predicted octanol–water partition coefficient (Wildman–Crippen LogP) is 6.09. The minimum Gasteiger partial charge on any atom is -0.481 e. The van der Waals surface area contributed by atoms with E-state index in [0.29, 0.717) is 25.7 Å². The van der Waals surface area contributed by atoms with Crippen LogP contribution in [0.4, 0.5) is 0 Å². The summed E-state index contributed by atoms with van der Waals surface area (Å²) in [5.74, 6) is -1.65. The zero-order valence-corrected chi connectivity index (χ0v) is 16.8. The molecule has 0 bridgehead atoms. The number of carboxylic acid groups (broad SMARTS) is 2. The first-order valence-electron chi connectivity index (χ1n) is 10.5. The molecule has 0 aliphatic carbocycles. The highest BCUT2D eigenvalue weighted by Crippen LogP contribution is 2.36. The molecule has 4 heteroatoms. The molecule has 0 spiro atoms. The van der Waals surface area contributed by atoms with Crippen LogP contribution in [-0.4, -0.2) is 22.2 Å². The fourth-order valence-electron chi connectivity index (χ4n) is 3.75. The van der Waals surface area contributed by atoms with Gasteiger partial charge in [0.25, 0.3) is 0 Å². The molecule has 1 aromatic rings. The minimum absolute atomic E-state index is 0.0290. The van der Waals surface area contributed by atoms with E-state index in [2.05, 4.69) is 6.92 Å². The number of rotatable bonds is 16. The maximum Gasteiger partial charge on any atom is 0.309 e. The Morgan fingerprint density at radius 1 is 0.815 bits per heavy atom. The number of unbranched alkanes of at least 4 members (excludes halogenated alkanes) is 7. The van der Waals surface area contributed by atoms with Crippen molar-refractivity contribution in [2.24, 2.45) is 5.41 Å². The fraction of sp³-hybridized carbons (Fsp3) is 0.652. The van der Waals surface area contributed by atoms with Crippen LogP contribution in [0.1, 0.15) is 89.5 Å². The minimum atomic E-state index is -0.862. The second-order valence-electron chi connectivity index (χ2n) is 7.72. The van der Waals surface area contributed by atoms with Gasteiger partial charge in [0.1, 0.15) is 0 Å². The van der Waals surface area contributed by atoms with Gasteiger partial charge in [-0.05, 0) is 31.2 Å². The Hall–Kier alpha value is -1.84. The standard InChI is InChI=1S/C23H36O4/c1-2-3-4-5-6-7-8-12-17-23(22(26)27,18-13-16-21(24)25)19-20-14-10-9-11-15-20/h9-11,14-15H,2-8,12-13,16-19H2,1H3,(H,24,25)(H,26,27). The van der Waals surface area contributed by atoms with E-state index in [1.165, 1.54) is 32.1 Å². The molecule has 152 valence electrons. The highest BCUT2D eigenvalue weighted by molar-refractivity contribution is 5.75. The molecule has 0 saturated heterocycles. The Balaban J connectivity index is 2.62. The lowest BCUT2D eigenvalue weighted by Crippen LogP contribution is -2.34. The average molecular weight is 377 g/mol. The number of aliphatic carboxylic acids is 2. The quantitative estimate of drug-likeness (QED) is 0.343. The van der Waals surface area contributed by atoms with Gasteiger partial charge in [0, 0.05) is 6.42 Å². The van der Waals surface area contributed by atoms with Crippen LogP contribution in [0.15, 0.2) is 30.3 Å². The molecule has 1 unspecified atom stereocenters. The van der Waals surface area contributed by atoms with Gasteiger partial charge in [0.15, 0.2) is 0 Å². The monoisotopic (exact) mass is 376 g/mol. The molecule has 1 aromatic carbocycles. The van der Waals surface area contributed by atoms with Gasteiger partial charge >= 0.3 is 11.9 Å². The van der Waals surface area contributed by atoms with Crippen LogP contribution in [0.3, 0.4) is 0 Å². The average Bonchev–Trinajstić information content (AvgIpc) is 2.64. The van der Waals surface area contributed by atoms with Crippen LogP contribution in [0.2, 0.25) is 0 Å². The number of hydrogen-bond acceptors (Lipinski definition) is 2. The molecule has 0 fully saturated rings. The number of carbonyl (C=O) groups is 2. The normalized spacial score (nSPS) is 13.2. The van der Waals surface area contributed by atoms with E-state index in [0.717, 1.165) is 24.8 Å². The molecule has 27 heavy (non-hydrogen) atoms. The first-order chi connectivity index (χ1) is 13.0. The largest absolute Gasteiger partial charge is 0.481 e. The van der Waals surface area contributed by atoms with Crippen molar-refractivity contribution in [2.75, 3.05) is 0 Å². The van der Waals surface area contributed by atoms with Gasteiger partial charge in [-0.3, -0.25) is 9.59 Å². The lowest BCUT2D eigenvalue weighted by atomic mass is 9.73. The molecular weight excluding hydrogens is 340 g/mol. The van der Waals surface area contributed by atoms with E-state index in [9.17, 15) is 14.7 Å². The highest BCUT2D eigenvalue weighted by atomic mass is 16.4. The summed E-state index contributed by atoms with van der Waals surface area (Å²) in [6.45, 7) is 2.21.